The summed E-state index contributed by atoms with van der Waals surface area (Å²) >= 11 is 3.22. The Hall–Kier alpha value is -1.34. The number of ether oxygens (including phenoxy) is 1. The molecule has 0 saturated carbocycles. The van der Waals surface area contributed by atoms with Crippen LogP contribution in [0.1, 0.15) is 28.4 Å². The number of nitriles is 1. The van der Waals surface area contributed by atoms with Crippen molar-refractivity contribution in [3.8, 4) is 6.07 Å². The molecule has 1 rings (SSSR count). The van der Waals surface area contributed by atoms with Gasteiger partial charge < -0.3 is 4.74 Å². The molecule has 1 aromatic rings. The van der Waals surface area contributed by atoms with E-state index in [1.165, 1.54) is 0 Å². The molecule has 0 bridgehead atoms. The zero-order valence-corrected chi connectivity index (χ0v) is 10.1. The van der Waals surface area contributed by atoms with Crippen LogP contribution in [0.3, 0.4) is 0 Å². The van der Waals surface area contributed by atoms with E-state index in [1.807, 2.05) is 13.0 Å². The summed E-state index contributed by atoms with van der Waals surface area (Å²) in [5, 5.41) is 8.85. The second kappa shape index (κ2) is 4.94. The van der Waals surface area contributed by atoms with Gasteiger partial charge in [0, 0.05) is 4.47 Å². The van der Waals surface area contributed by atoms with Gasteiger partial charge in [0.2, 0.25) is 0 Å². The van der Waals surface area contributed by atoms with Crippen LogP contribution in [0, 0.1) is 18.3 Å². The van der Waals surface area contributed by atoms with Crippen LogP contribution in [0.25, 0.3) is 0 Å². The van der Waals surface area contributed by atoms with Crippen molar-refractivity contribution < 1.29 is 9.53 Å². The Morgan fingerprint density at radius 2 is 2.27 bits per heavy atom. The van der Waals surface area contributed by atoms with Gasteiger partial charge >= 0.3 is 5.97 Å². The van der Waals surface area contributed by atoms with Crippen molar-refractivity contribution in [1.82, 2.24) is 0 Å². The summed E-state index contributed by atoms with van der Waals surface area (Å²) in [6, 6.07) is 5.43. The van der Waals surface area contributed by atoms with Crippen LogP contribution < -0.4 is 0 Å². The number of benzene rings is 1. The Morgan fingerprint density at radius 1 is 1.60 bits per heavy atom. The van der Waals surface area contributed by atoms with E-state index in [1.54, 1.807) is 19.1 Å². The van der Waals surface area contributed by atoms with Crippen molar-refractivity contribution in [2.45, 2.75) is 13.8 Å². The van der Waals surface area contributed by atoms with Gasteiger partial charge in [0.15, 0.2) is 0 Å². The Morgan fingerprint density at radius 3 is 2.80 bits per heavy atom. The summed E-state index contributed by atoms with van der Waals surface area (Å²) in [6.45, 7) is 3.89. The number of hydrogen-bond acceptors (Lipinski definition) is 3. The van der Waals surface area contributed by atoms with Crippen molar-refractivity contribution >= 4 is 21.9 Å². The lowest BCUT2D eigenvalue weighted by atomic mass is 10.1. The molecule has 0 heterocycles. The molecule has 0 fully saturated rings. The van der Waals surface area contributed by atoms with Gasteiger partial charge in [-0.25, -0.2) is 4.79 Å². The molecule has 0 unspecified atom stereocenters. The van der Waals surface area contributed by atoms with E-state index in [0.29, 0.717) is 22.2 Å². The lowest BCUT2D eigenvalue weighted by Crippen LogP contribution is -2.06. The summed E-state index contributed by atoms with van der Waals surface area (Å²) in [7, 11) is 0. The molecular formula is C11H10BrNO2. The fraction of sp³-hybridized carbons (Fsp3) is 0.273. The molecule has 0 atom stereocenters. The normalized spacial score (nSPS) is 9.47. The molecule has 0 aliphatic heterocycles. The van der Waals surface area contributed by atoms with Gasteiger partial charge in [-0.3, -0.25) is 0 Å². The predicted octanol–water partition coefficient (Wildman–Crippen LogP) is 2.81. The molecule has 0 amide bonds. The van der Waals surface area contributed by atoms with E-state index in [4.69, 9.17) is 10.00 Å². The van der Waals surface area contributed by atoms with Crippen molar-refractivity contribution in [1.29, 1.82) is 5.26 Å². The summed E-state index contributed by atoms with van der Waals surface area (Å²) in [6.07, 6.45) is 0. The molecule has 3 nitrogen and oxygen atoms in total. The minimum Gasteiger partial charge on any atom is -0.462 e. The fourth-order valence-electron chi connectivity index (χ4n) is 1.21. The maximum Gasteiger partial charge on any atom is 0.339 e. The van der Waals surface area contributed by atoms with Crippen LogP contribution in [0.15, 0.2) is 16.6 Å². The monoisotopic (exact) mass is 267 g/mol. The van der Waals surface area contributed by atoms with Gasteiger partial charge in [0.05, 0.1) is 17.7 Å². The number of aryl methyl sites for hydroxylation is 1. The lowest BCUT2D eigenvalue weighted by molar-refractivity contribution is 0.0525. The highest BCUT2D eigenvalue weighted by molar-refractivity contribution is 9.10. The molecule has 0 saturated heterocycles. The number of esters is 1. The molecule has 0 radical (unpaired) electrons. The SMILES string of the molecule is CCOC(=O)c1cc(C)cc(C#N)c1Br. The lowest BCUT2D eigenvalue weighted by Gasteiger charge is -2.06. The maximum absolute atomic E-state index is 11.5. The zero-order chi connectivity index (χ0) is 11.4. The number of carbonyl (C=O) groups excluding carboxylic acids is 1. The summed E-state index contributed by atoms with van der Waals surface area (Å²) in [5.41, 5.74) is 1.70. The first-order valence-corrected chi connectivity index (χ1v) is 5.26. The van der Waals surface area contributed by atoms with E-state index < -0.39 is 5.97 Å². The highest BCUT2D eigenvalue weighted by Gasteiger charge is 2.14. The standard InChI is InChI=1S/C11H10BrNO2/c1-3-15-11(14)9-5-7(2)4-8(6-13)10(9)12/h4-5H,3H2,1-2H3. The average Bonchev–Trinajstić information content (AvgIpc) is 2.21. The van der Waals surface area contributed by atoms with Gasteiger partial charge in [0.25, 0.3) is 0 Å². The van der Waals surface area contributed by atoms with Crippen LogP contribution in [-0.4, -0.2) is 12.6 Å². The average molecular weight is 268 g/mol. The molecule has 0 spiro atoms. The molecular weight excluding hydrogens is 258 g/mol. The second-order valence-corrected chi connectivity index (χ2v) is 3.80. The maximum atomic E-state index is 11.5. The topological polar surface area (TPSA) is 50.1 Å². The summed E-state index contributed by atoms with van der Waals surface area (Å²) < 4.78 is 5.38. The van der Waals surface area contributed by atoms with Gasteiger partial charge in [0.1, 0.15) is 6.07 Å². The van der Waals surface area contributed by atoms with Gasteiger partial charge in [-0.2, -0.15) is 5.26 Å². The molecule has 1 aromatic carbocycles. The zero-order valence-electron chi connectivity index (χ0n) is 8.50. The van der Waals surface area contributed by atoms with E-state index >= 15 is 0 Å². The number of halogens is 1. The highest BCUT2D eigenvalue weighted by atomic mass is 79.9. The van der Waals surface area contributed by atoms with Crippen LogP contribution in [0.2, 0.25) is 0 Å². The minimum absolute atomic E-state index is 0.321. The molecule has 0 N–H and O–H groups in total. The second-order valence-electron chi connectivity index (χ2n) is 3.01. The van der Waals surface area contributed by atoms with Gasteiger partial charge in [-0.15, -0.1) is 0 Å². The van der Waals surface area contributed by atoms with Crippen LogP contribution in [0.5, 0.6) is 0 Å². The minimum atomic E-state index is -0.412. The number of carbonyl (C=O) groups is 1. The Bertz CT molecular complexity index is 435. The third-order valence-corrected chi connectivity index (χ3v) is 2.69. The van der Waals surface area contributed by atoms with E-state index in [-0.39, 0.29) is 0 Å². The van der Waals surface area contributed by atoms with Crippen molar-refractivity contribution in [3.63, 3.8) is 0 Å². The highest BCUT2D eigenvalue weighted by Crippen LogP contribution is 2.23. The van der Waals surface area contributed by atoms with E-state index in [0.717, 1.165) is 5.56 Å². The number of rotatable bonds is 2. The fourth-order valence-corrected chi connectivity index (χ4v) is 1.69. The van der Waals surface area contributed by atoms with E-state index in [2.05, 4.69) is 15.9 Å². The third kappa shape index (κ3) is 2.57. The molecule has 0 aliphatic rings. The van der Waals surface area contributed by atoms with Crippen molar-refractivity contribution in [2.75, 3.05) is 6.61 Å². The summed E-state index contributed by atoms with van der Waals surface area (Å²) in [5.74, 6) is -0.412. The molecule has 15 heavy (non-hydrogen) atoms. The van der Waals surface area contributed by atoms with Gasteiger partial charge in [-0.1, -0.05) is 0 Å². The molecule has 4 heteroatoms. The summed E-state index contributed by atoms with van der Waals surface area (Å²) in [4.78, 5) is 11.5. The van der Waals surface area contributed by atoms with Crippen molar-refractivity contribution in [3.05, 3.63) is 33.3 Å². The largest absolute Gasteiger partial charge is 0.462 e. The molecule has 0 aromatic heterocycles. The first-order valence-electron chi connectivity index (χ1n) is 4.47. The van der Waals surface area contributed by atoms with Crippen LogP contribution in [0.4, 0.5) is 0 Å². The Kier molecular flexibility index (Phi) is 3.87. The van der Waals surface area contributed by atoms with Gasteiger partial charge in [-0.05, 0) is 47.5 Å². The predicted molar refractivity (Wildman–Crippen MR) is 59.6 cm³/mol. The van der Waals surface area contributed by atoms with Crippen molar-refractivity contribution in [2.24, 2.45) is 0 Å². The van der Waals surface area contributed by atoms with E-state index in [9.17, 15) is 4.79 Å². The van der Waals surface area contributed by atoms with Crippen LogP contribution in [-0.2, 0) is 4.74 Å². The quantitative estimate of drug-likeness (QED) is 0.775. The first kappa shape index (κ1) is 11.7. The third-order valence-electron chi connectivity index (χ3n) is 1.83. The van der Waals surface area contributed by atoms with Crippen LogP contribution >= 0.6 is 15.9 Å². The number of nitrogens with zero attached hydrogens (tertiary/aromatic N) is 1. The smallest absolute Gasteiger partial charge is 0.339 e. The number of hydrogen-bond donors (Lipinski definition) is 0. The Balaban J connectivity index is 3.24. The molecule has 78 valence electrons. The first-order chi connectivity index (χ1) is 7.10. The Labute approximate surface area is 96.8 Å². The molecule has 0 aliphatic carbocycles.